The molecule has 3 rings (SSSR count). The average Bonchev–Trinajstić information content (AvgIpc) is 2.44. The molecule has 4 nitrogen and oxygen atoms in total. The second-order valence-electron chi connectivity index (χ2n) is 6.43. The molecule has 2 atom stereocenters. The maximum atomic E-state index is 6.09. The monoisotopic (exact) mass is 401 g/mol. The number of nitrogens with one attached hydrogen (secondary N) is 1. The number of ether oxygens (including phenoxy) is 1. The zero-order chi connectivity index (χ0) is 14.2. The summed E-state index contributed by atoms with van der Waals surface area (Å²) < 4.78 is 5.65. The molecule has 2 unspecified atom stereocenters. The molecule has 0 aromatic heterocycles. The Morgan fingerprint density at radius 2 is 2.10 bits per heavy atom. The number of nitrogens with two attached hydrogens (primary N) is 1. The molecule has 1 fully saturated rings. The van der Waals surface area contributed by atoms with Crippen LogP contribution in [0, 0.1) is 5.41 Å². The van der Waals surface area contributed by atoms with Gasteiger partial charge in [-0.1, -0.05) is 32.0 Å². The van der Waals surface area contributed by atoms with Crippen LogP contribution in [0.5, 0.6) is 5.75 Å². The average molecular weight is 401 g/mol. The molecular formula is C16H24IN3O. The molecule has 1 saturated carbocycles. The van der Waals surface area contributed by atoms with Crippen molar-refractivity contribution in [2.24, 2.45) is 16.1 Å². The molecule has 5 heteroatoms. The lowest BCUT2D eigenvalue weighted by atomic mass is 9.67. The first-order chi connectivity index (χ1) is 9.56. The number of aliphatic imine (C=N–C) groups is 1. The number of guanidine groups is 1. The highest BCUT2D eigenvalue weighted by Crippen LogP contribution is 2.40. The minimum Gasteiger partial charge on any atom is -0.493 e. The number of hydrogen-bond donors (Lipinski definition) is 2. The Morgan fingerprint density at radius 3 is 2.76 bits per heavy atom. The third kappa shape index (κ3) is 3.44. The van der Waals surface area contributed by atoms with Crippen molar-refractivity contribution in [3.63, 3.8) is 0 Å². The Balaban J connectivity index is 0.00000161. The molecule has 1 aromatic carbocycles. The molecule has 0 amide bonds. The fourth-order valence-electron chi connectivity index (χ4n) is 2.97. The van der Waals surface area contributed by atoms with Gasteiger partial charge in [0.2, 0.25) is 0 Å². The molecule has 21 heavy (non-hydrogen) atoms. The molecule has 3 N–H and O–H groups in total. The predicted octanol–water partition coefficient (Wildman–Crippen LogP) is 3.22. The van der Waals surface area contributed by atoms with Crippen LogP contribution in [0.25, 0.3) is 0 Å². The second-order valence-corrected chi connectivity index (χ2v) is 6.43. The maximum absolute atomic E-state index is 6.09. The van der Waals surface area contributed by atoms with Gasteiger partial charge in [-0.2, -0.15) is 0 Å². The lowest BCUT2D eigenvalue weighted by Gasteiger charge is -2.45. The molecule has 0 radical (unpaired) electrons. The van der Waals surface area contributed by atoms with E-state index in [2.05, 4.69) is 30.2 Å². The van der Waals surface area contributed by atoms with Crippen LogP contribution in [0.2, 0.25) is 0 Å². The normalized spacial score (nSPS) is 26.7. The number of rotatable bonds is 2. The molecule has 1 aliphatic carbocycles. The van der Waals surface area contributed by atoms with Crippen molar-refractivity contribution < 1.29 is 4.74 Å². The summed E-state index contributed by atoms with van der Waals surface area (Å²) >= 11 is 0. The number of hydrogen-bond acceptors (Lipinski definition) is 2. The van der Waals surface area contributed by atoms with Crippen LogP contribution in [0.3, 0.4) is 0 Å². The maximum Gasteiger partial charge on any atom is 0.189 e. The highest BCUT2D eigenvalue weighted by Gasteiger charge is 2.38. The van der Waals surface area contributed by atoms with E-state index in [1.54, 1.807) is 0 Å². The van der Waals surface area contributed by atoms with Gasteiger partial charge < -0.3 is 15.8 Å². The Labute approximate surface area is 143 Å². The van der Waals surface area contributed by atoms with E-state index in [-0.39, 0.29) is 30.0 Å². The lowest BCUT2D eigenvalue weighted by molar-refractivity contribution is 0.126. The van der Waals surface area contributed by atoms with E-state index in [9.17, 15) is 0 Å². The number of nitrogens with zero attached hydrogens (tertiary/aromatic N) is 1. The zero-order valence-corrected chi connectivity index (χ0v) is 15.0. The molecule has 1 aliphatic heterocycles. The fourth-order valence-corrected chi connectivity index (χ4v) is 2.97. The van der Waals surface area contributed by atoms with E-state index in [4.69, 9.17) is 10.5 Å². The van der Waals surface area contributed by atoms with Crippen LogP contribution in [-0.2, 0) is 0 Å². The van der Waals surface area contributed by atoms with Crippen molar-refractivity contribution in [1.29, 1.82) is 0 Å². The van der Waals surface area contributed by atoms with Crippen molar-refractivity contribution in [3.05, 3.63) is 29.8 Å². The van der Waals surface area contributed by atoms with Crippen LogP contribution in [0.15, 0.2) is 29.3 Å². The van der Waals surface area contributed by atoms with Crippen LogP contribution in [-0.4, -0.2) is 18.6 Å². The summed E-state index contributed by atoms with van der Waals surface area (Å²) in [5.74, 6) is 1.49. The highest BCUT2D eigenvalue weighted by molar-refractivity contribution is 14.0. The third-order valence-corrected chi connectivity index (χ3v) is 4.56. The van der Waals surface area contributed by atoms with Gasteiger partial charge in [-0.3, -0.25) is 0 Å². The van der Waals surface area contributed by atoms with Gasteiger partial charge in [0.05, 0.1) is 12.6 Å². The minimum atomic E-state index is 0. The largest absolute Gasteiger partial charge is 0.493 e. The summed E-state index contributed by atoms with van der Waals surface area (Å²) in [5.41, 5.74) is 7.55. The first kappa shape index (κ1) is 16.4. The minimum absolute atomic E-state index is 0. The zero-order valence-electron chi connectivity index (χ0n) is 12.6. The fraction of sp³-hybridized carbons (Fsp3) is 0.562. The number of fused-ring (bicyclic) bond motifs is 1. The van der Waals surface area contributed by atoms with Crippen LogP contribution >= 0.6 is 24.0 Å². The van der Waals surface area contributed by atoms with Gasteiger partial charge in [-0.25, -0.2) is 4.99 Å². The molecule has 1 aromatic rings. The van der Waals surface area contributed by atoms with E-state index in [0.717, 1.165) is 17.7 Å². The summed E-state index contributed by atoms with van der Waals surface area (Å²) in [6.07, 6.45) is 3.30. The van der Waals surface area contributed by atoms with Crippen LogP contribution in [0.1, 0.15) is 44.7 Å². The standard InChI is InChI=1S/C16H23N3O.HI/c1-16(2)9-7-14(16)19-15(17)18-12-8-10-20-13-6-4-3-5-11(12)13;/h3-6,12,14H,7-10H2,1-2H3,(H3,17,18,19);1H. The van der Waals surface area contributed by atoms with Gasteiger partial charge in [0.15, 0.2) is 5.96 Å². The summed E-state index contributed by atoms with van der Waals surface area (Å²) in [4.78, 5) is 4.67. The molecule has 2 aliphatic rings. The van der Waals surface area contributed by atoms with E-state index < -0.39 is 0 Å². The van der Waals surface area contributed by atoms with E-state index in [1.165, 1.54) is 12.8 Å². The molecule has 0 spiro atoms. The van der Waals surface area contributed by atoms with Gasteiger partial charge in [0, 0.05) is 18.0 Å². The lowest BCUT2D eigenvalue weighted by Crippen LogP contribution is -2.54. The molecule has 0 saturated heterocycles. The molecule has 1 heterocycles. The van der Waals surface area contributed by atoms with Gasteiger partial charge in [0.25, 0.3) is 0 Å². The highest BCUT2D eigenvalue weighted by atomic mass is 127. The van der Waals surface area contributed by atoms with E-state index in [0.29, 0.717) is 24.0 Å². The number of benzene rings is 1. The van der Waals surface area contributed by atoms with Crippen molar-refractivity contribution >= 4 is 29.9 Å². The first-order valence-corrected chi connectivity index (χ1v) is 7.38. The molecule has 116 valence electrons. The van der Waals surface area contributed by atoms with E-state index in [1.807, 2.05) is 18.2 Å². The number of para-hydroxylation sites is 1. The predicted molar refractivity (Wildman–Crippen MR) is 96.3 cm³/mol. The van der Waals surface area contributed by atoms with Gasteiger partial charge in [0.1, 0.15) is 5.75 Å². The second kappa shape index (κ2) is 6.42. The van der Waals surface area contributed by atoms with Gasteiger partial charge >= 0.3 is 0 Å². The van der Waals surface area contributed by atoms with Crippen LogP contribution in [0.4, 0.5) is 0 Å². The first-order valence-electron chi connectivity index (χ1n) is 7.38. The Hall–Kier alpha value is -0.980. The molecular weight excluding hydrogens is 377 g/mol. The van der Waals surface area contributed by atoms with Gasteiger partial charge in [-0.15, -0.1) is 24.0 Å². The van der Waals surface area contributed by atoms with Crippen molar-refractivity contribution in [2.75, 3.05) is 6.61 Å². The SMILES string of the molecule is CC1(C)CCC1NC(N)=NC1CCOc2ccccc21.I. The summed E-state index contributed by atoms with van der Waals surface area (Å²) in [6.45, 7) is 5.24. The van der Waals surface area contributed by atoms with Crippen molar-refractivity contribution in [1.82, 2.24) is 5.32 Å². The van der Waals surface area contributed by atoms with Crippen molar-refractivity contribution in [2.45, 2.75) is 45.2 Å². The molecule has 0 bridgehead atoms. The van der Waals surface area contributed by atoms with Gasteiger partial charge in [-0.05, 0) is 24.3 Å². The Bertz CT molecular complexity index is 530. The topological polar surface area (TPSA) is 59.6 Å². The Kier molecular flexibility index (Phi) is 5.01. The third-order valence-electron chi connectivity index (χ3n) is 4.56. The van der Waals surface area contributed by atoms with Crippen LogP contribution < -0.4 is 15.8 Å². The van der Waals surface area contributed by atoms with E-state index >= 15 is 0 Å². The summed E-state index contributed by atoms with van der Waals surface area (Å²) in [7, 11) is 0. The van der Waals surface area contributed by atoms with Crippen molar-refractivity contribution in [3.8, 4) is 5.75 Å². The smallest absolute Gasteiger partial charge is 0.189 e. The quantitative estimate of drug-likeness (QED) is 0.455. The summed E-state index contributed by atoms with van der Waals surface area (Å²) in [5, 5.41) is 3.37. The Morgan fingerprint density at radius 1 is 1.33 bits per heavy atom. The summed E-state index contributed by atoms with van der Waals surface area (Å²) in [6, 6.07) is 8.63. The number of halogens is 1.